The van der Waals surface area contributed by atoms with Crippen LogP contribution in [0.4, 0.5) is 46.0 Å². The Morgan fingerprint density at radius 1 is 0.486 bits per heavy atom. The Morgan fingerprint density at radius 2 is 0.847 bits per heavy atom. The van der Waals surface area contributed by atoms with Gasteiger partial charge in [-0.05, 0) is 71.8 Å². The van der Waals surface area contributed by atoms with Crippen LogP contribution < -0.4 is 31.7 Å². The molecule has 0 aliphatic heterocycles. The SMILES string of the molecule is O=S(=O)(O)c1cccc(N=c2nc(N(CCO)CCO)cc(Nc3ccc(/C=C/c4ccc(Nc5cc(N(CCO)CCO)nc(=Nc6cccc(S(=O)(=O)O)c6)[nH]5)cc4S(=O)(=O)O)c(S(=O)(=O)O)c3)[nH]2)c1. The lowest BCUT2D eigenvalue weighted by atomic mass is 10.1. The fraction of sp³-hybridized carbons (Fsp3) is 0.190. The molecule has 0 fully saturated rings. The van der Waals surface area contributed by atoms with Crippen LogP contribution in [0.3, 0.4) is 0 Å². The number of aliphatic hydroxyl groups is 4. The molecule has 12 N–H and O–H groups in total. The molecule has 4 aromatic carbocycles. The highest BCUT2D eigenvalue weighted by Gasteiger charge is 2.20. The predicted octanol–water partition coefficient (Wildman–Crippen LogP) is 1.82. The molecule has 72 heavy (non-hydrogen) atoms. The molecule has 6 aromatic rings. The van der Waals surface area contributed by atoms with E-state index in [0.29, 0.717) is 0 Å². The third-order valence-corrected chi connectivity index (χ3v) is 13.4. The van der Waals surface area contributed by atoms with Crippen molar-refractivity contribution in [3.8, 4) is 0 Å². The lowest BCUT2D eigenvalue weighted by molar-refractivity contribution is 0.280. The van der Waals surface area contributed by atoms with Gasteiger partial charge in [0.15, 0.2) is 0 Å². The number of benzene rings is 4. The van der Waals surface area contributed by atoms with Crippen LogP contribution in [-0.2, 0) is 40.5 Å². The lowest BCUT2D eigenvalue weighted by Gasteiger charge is -2.22. The van der Waals surface area contributed by atoms with E-state index in [4.69, 9.17) is 0 Å². The largest absolute Gasteiger partial charge is 0.395 e. The van der Waals surface area contributed by atoms with Gasteiger partial charge in [0.05, 0.1) is 47.6 Å². The molecule has 0 saturated heterocycles. The van der Waals surface area contributed by atoms with E-state index < -0.39 is 60.1 Å². The van der Waals surface area contributed by atoms with E-state index in [0.717, 1.165) is 48.6 Å². The Morgan fingerprint density at radius 3 is 1.17 bits per heavy atom. The molecule has 30 heteroatoms. The summed E-state index contributed by atoms with van der Waals surface area (Å²) in [6, 6.07) is 20.1. The topological polar surface area (TPSA) is 411 Å². The van der Waals surface area contributed by atoms with Crippen LogP contribution in [0.2, 0.25) is 0 Å². The summed E-state index contributed by atoms with van der Waals surface area (Å²) in [5, 5.41) is 44.6. The van der Waals surface area contributed by atoms with Crippen LogP contribution in [0.15, 0.2) is 127 Å². The van der Waals surface area contributed by atoms with Crippen LogP contribution in [0.1, 0.15) is 11.1 Å². The molecule has 0 amide bonds. The minimum atomic E-state index is -5.01. The van der Waals surface area contributed by atoms with Crippen molar-refractivity contribution in [2.45, 2.75) is 19.6 Å². The Kier molecular flexibility index (Phi) is 17.4. The van der Waals surface area contributed by atoms with Gasteiger partial charge in [-0.15, -0.1) is 0 Å². The first-order chi connectivity index (χ1) is 34.0. The first kappa shape index (κ1) is 54.4. The van der Waals surface area contributed by atoms with Crippen molar-refractivity contribution < 1.29 is 72.3 Å². The van der Waals surface area contributed by atoms with E-state index in [9.17, 15) is 72.3 Å². The molecule has 0 saturated carbocycles. The maximum atomic E-state index is 12.8. The molecule has 0 unspecified atom stereocenters. The summed E-state index contributed by atoms with van der Waals surface area (Å²) >= 11 is 0. The minimum Gasteiger partial charge on any atom is -0.395 e. The summed E-state index contributed by atoms with van der Waals surface area (Å²) in [5.41, 5.74) is -0.426. The Balaban J connectivity index is 1.36. The van der Waals surface area contributed by atoms with Crippen molar-refractivity contribution in [1.82, 2.24) is 19.9 Å². The van der Waals surface area contributed by atoms with Gasteiger partial charge in [-0.2, -0.15) is 43.6 Å². The molecule has 26 nitrogen and oxygen atoms in total. The second kappa shape index (κ2) is 23.1. The fourth-order valence-electron chi connectivity index (χ4n) is 6.75. The van der Waals surface area contributed by atoms with Crippen LogP contribution in [-0.4, -0.2) is 145 Å². The number of nitrogens with one attached hydrogen (secondary N) is 4. The van der Waals surface area contributed by atoms with E-state index in [1.54, 1.807) is 0 Å². The zero-order valence-corrected chi connectivity index (χ0v) is 40.5. The molecule has 0 radical (unpaired) electrons. The Labute approximate surface area is 411 Å². The molecular weight excluding hydrogens is 1030 g/mol. The highest BCUT2D eigenvalue weighted by molar-refractivity contribution is 7.86. The number of aliphatic hydroxyl groups excluding tert-OH is 4. The van der Waals surface area contributed by atoms with Gasteiger partial charge in [-0.1, -0.05) is 36.4 Å². The van der Waals surface area contributed by atoms with E-state index in [-0.39, 0.29) is 121 Å². The predicted molar refractivity (Wildman–Crippen MR) is 261 cm³/mol. The number of rotatable bonds is 22. The van der Waals surface area contributed by atoms with Gasteiger partial charge in [-0.25, -0.2) is 9.98 Å². The smallest absolute Gasteiger partial charge is 0.295 e. The van der Waals surface area contributed by atoms with Gasteiger partial charge in [0.2, 0.25) is 11.2 Å². The standard InChI is InChI=1S/C42H46N10O16S4/c53-17-13-51(14-18-54)39-25-37(47-41(49-39)45-29-3-1-5-33(21-29)69(57,58)59)43-31-11-9-27(35(23-31)71(63,64)65)7-8-28-10-12-32(24-36(28)72(66,67)68)44-38-26-40(52(15-19-55)16-20-56)50-42(48-38)46-30-4-2-6-34(22-30)70(60,61)62/h1-12,21-26,53-56H,13-20H2,(H,57,58,59)(H,60,61,62)(H,63,64,65)(H,66,67,68)(H2,43,45,47,49)(H2,44,46,48,50)/b8-7+. The summed E-state index contributed by atoms with van der Waals surface area (Å²) in [6.07, 6.45) is 2.31. The Bertz CT molecular complexity index is 3350. The van der Waals surface area contributed by atoms with Gasteiger partial charge in [0, 0.05) is 49.7 Å². The van der Waals surface area contributed by atoms with E-state index >= 15 is 0 Å². The number of hydrogen-bond donors (Lipinski definition) is 12. The number of H-pyrrole nitrogens is 2. The van der Waals surface area contributed by atoms with Crippen LogP contribution in [0.25, 0.3) is 12.2 Å². The van der Waals surface area contributed by atoms with Crippen molar-refractivity contribution in [1.29, 1.82) is 0 Å². The zero-order chi connectivity index (χ0) is 52.4. The van der Waals surface area contributed by atoms with Gasteiger partial charge in [-0.3, -0.25) is 18.2 Å². The van der Waals surface area contributed by atoms with Crippen LogP contribution in [0, 0.1) is 0 Å². The molecule has 0 aliphatic rings. The first-order valence-corrected chi connectivity index (χ1v) is 26.6. The van der Waals surface area contributed by atoms with Crippen molar-refractivity contribution >= 4 is 98.6 Å². The van der Waals surface area contributed by atoms with E-state index in [1.807, 2.05) is 0 Å². The quantitative estimate of drug-likeness (QED) is 0.0341. The number of hydrogen-bond acceptors (Lipinski definition) is 20. The highest BCUT2D eigenvalue weighted by atomic mass is 32.2. The van der Waals surface area contributed by atoms with Crippen molar-refractivity contribution in [3.63, 3.8) is 0 Å². The van der Waals surface area contributed by atoms with Crippen LogP contribution >= 0.6 is 0 Å². The normalized spacial score (nSPS) is 12.9. The number of aromatic nitrogens is 4. The average Bonchev–Trinajstić information content (AvgIpc) is 3.30. The van der Waals surface area contributed by atoms with E-state index in [1.165, 1.54) is 70.5 Å². The monoisotopic (exact) mass is 1070 g/mol. The van der Waals surface area contributed by atoms with Crippen molar-refractivity contribution in [2.75, 3.05) is 73.0 Å². The molecule has 0 atom stereocenters. The van der Waals surface area contributed by atoms with E-state index in [2.05, 4.69) is 40.6 Å². The number of anilines is 6. The van der Waals surface area contributed by atoms with Crippen LogP contribution in [0.5, 0.6) is 0 Å². The molecule has 0 bridgehead atoms. The molecule has 6 rings (SSSR count). The summed E-state index contributed by atoms with van der Waals surface area (Å²) in [4.78, 5) is 23.9. The maximum absolute atomic E-state index is 12.8. The molecule has 0 aliphatic carbocycles. The molecule has 2 heterocycles. The third-order valence-electron chi connectivity index (χ3n) is 9.89. The lowest BCUT2D eigenvalue weighted by Crippen LogP contribution is -2.32. The van der Waals surface area contributed by atoms with Crippen molar-refractivity contribution in [3.05, 3.63) is 119 Å². The fourth-order valence-corrected chi connectivity index (χ4v) is 9.21. The number of nitrogens with zero attached hydrogens (tertiary/aromatic N) is 6. The van der Waals surface area contributed by atoms with Gasteiger partial charge in [0.25, 0.3) is 40.5 Å². The first-order valence-electron chi connectivity index (χ1n) is 20.8. The minimum absolute atomic E-state index is 0.00146. The summed E-state index contributed by atoms with van der Waals surface area (Å²) in [5.74, 6) is 0.462. The molecular formula is C42H46N10O16S4. The summed E-state index contributed by atoms with van der Waals surface area (Å²) in [6.45, 7) is -1.40. The maximum Gasteiger partial charge on any atom is 0.295 e. The number of aromatic amines is 2. The zero-order valence-electron chi connectivity index (χ0n) is 37.2. The summed E-state index contributed by atoms with van der Waals surface area (Å²) < 4.78 is 138. The second-order valence-corrected chi connectivity index (χ2v) is 20.7. The Hall–Kier alpha value is -6.94. The molecule has 0 spiro atoms. The van der Waals surface area contributed by atoms with Gasteiger partial charge < -0.3 is 50.8 Å². The molecule has 2 aromatic heterocycles. The molecule has 384 valence electrons. The average molecular weight is 1080 g/mol. The highest BCUT2D eigenvalue weighted by Crippen LogP contribution is 2.29. The van der Waals surface area contributed by atoms with Crippen molar-refractivity contribution in [2.24, 2.45) is 9.98 Å². The third kappa shape index (κ3) is 14.8. The van der Waals surface area contributed by atoms with Gasteiger partial charge >= 0.3 is 0 Å². The second-order valence-electron chi connectivity index (χ2n) is 15.0. The van der Waals surface area contributed by atoms with Gasteiger partial charge in [0.1, 0.15) is 33.1 Å². The summed E-state index contributed by atoms with van der Waals surface area (Å²) in [7, 11) is -19.2.